The van der Waals surface area contributed by atoms with E-state index in [1.807, 2.05) is 6.92 Å². The molecule has 0 aromatic heterocycles. The highest BCUT2D eigenvalue weighted by molar-refractivity contribution is 5.46. The van der Waals surface area contributed by atoms with Crippen molar-refractivity contribution < 1.29 is 28.6 Å². The fourth-order valence-corrected chi connectivity index (χ4v) is 1.50. The largest absolute Gasteiger partial charge is 0.377 e. The molecule has 3 amide bonds. The van der Waals surface area contributed by atoms with Gasteiger partial charge in [-0.25, -0.2) is 0 Å². The summed E-state index contributed by atoms with van der Waals surface area (Å²) in [7, 11) is 0. The molecule has 9 heteroatoms. The molecule has 0 unspecified atom stereocenters. The van der Waals surface area contributed by atoms with Crippen LogP contribution in [0.1, 0.15) is 6.92 Å². The summed E-state index contributed by atoms with van der Waals surface area (Å²) < 4.78 is 16.6. The van der Waals surface area contributed by atoms with Crippen molar-refractivity contribution in [1.29, 1.82) is 0 Å². The highest BCUT2D eigenvalue weighted by Crippen LogP contribution is 2.11. The first kappa shape index (κ1) is 20.3. The van der Waals surface area contributed by atoms with Crippen molar-refractivity contribution in [3.8, 4) is 0 Å². The fourth-order valence-electron chi connectivity index (χ4n) is 1.50. The monoisotopic (exact) mass is 319 g/mol. The minimum atomic E-state index is -0.688. The molecule has 0 rings (SSSR count). The van der Waals surface area contributed by atoms with E-state index >= 15 is 0 Å². The third-order valence-electron chi connectivity index (χ3n) is 2.54. The summed E-state index contributed by atoms with van der Waals surface area (Å²) in [5, 5.41) is 7.49. The minimum absolute atomic E-state index is 0.274. The summed E-state index contributed by atoms with van der Waals surface area (Å²) in [5.74, 6) is 0. The molecule has 22 heavy (non-hydrogen) atoms. The van der Waals surface area contributed by atoms with Crippen molar-refractivity contribution >= 4 is 19.2 Å². The molecule has 0 aromatic rings. The molecule has 0 saturated carbocycles. The van der Waals surface area contributed by atoms with Crippen LogP contribution in [0.3, 0.4) is 0 Å². The Balaban J connectivity index is 4.06. The summed E-state index contributed by atoms with van der Waals surface area (Å²) in [6, 6.07) is 0. The average Bonchev–Trinajstić information content (AvgIpc) is 2.51. The molecular formula is C13H25N3O6. The number of nitrogens with one attached hydrogen (secondary N) is 3. The number of hydrogen-bond acceptors (Lipinski definition) is 6. The van der Waals surface area contributed by atoms with Gasteiger partial charge < -0.3 is 30.2 Å². The van der Waals surface area contributed by atoms with E-state index in [1.165, 1.54) is 0 Å². The maximum absolute atomic E-state index is 10.2. The SMILES string of the molecule is CC(COCCNC=O)(COCCNC=O)OCCNC=O. The van der Waals surface area contributed by atoms with Gasteiger partial charge in [0.25, 0.3) is 0 Å². The Morgan fingerprint density at radius 1 is 0.773 bits per heavy atom. The molecule has 3 N–H and O–H groups in total. The second kappa shape index (κ2) is 14.2. The van der Waals surface area contributed by atoms with E-state index in [2.05, 4.69) is 16.0 Å². The quantitative estimate of drug-likeness (QED) is 0.212. The van der Waals surface area contributed by atoms with Crippen molar-refractivity contribution in [1.82, 2.24) is 16.0 Å². The molecule has 0 aliphatic carbocycles. The molecule has 0 aromatic carbocycles. The van der Waals surface area contributed by atoms with Gasteiger partial charge in [-0.3, -0.25) is 14.4 Å². The molecule has 0 aliphatic rings. The van der Waals surface area contributed by atoms with Crippen LogP contribution in [-0.2, 0) is 28.6 Å². The van der Waals surface area contributed by atoms with Gasteiger partial charge in [-0.1, -0.05) is 0 Å². The lowest BCUT2D eigenvalue weighted by molar-refractivity contribution is -0.126. The smallest absolute Gasteiger partial charge is 0.207 e. The first-order valence-corrected chi connectivity index (χ1v) is 6.99. The van der Waals surface area contributed by atoms with Crippen molar-refractivity contribution in [3.63, 3.8) is 0 Å². The number of hydrogen-bond donors (Lipinski definition) is 3. The predicted molar refractivity (Wildman–Crippen MR) is 78.2 cm³/mol. The second-order valence-corrected chi connectivity index (χ2v) is 4.62. The number of rotatable bonds is 17. The molecule has 128 valence electrons. The molecule has 9 nitrogen and oxygen atoms in total. The van der Waals surface area contributed by atoms with Gasteiger partial charge in [0.05, 0.1) is 33.0 Å². The van der Waals surface area contributed by atoms with Crippen LogP contribution < -0.4 is 16.0 Å². The van der Waals surface area contributed by atoms with Gasteiger partial charge in [-0.2, -0.15) is 0 Å². The summed E-state index contributed by atoms with van der Waals surface area (Å²) in [6.07, 6.45) is 1.81. The van der Waals surface area contributed by atoms with E-state index in [4.69, 9.17) is 14.2 Å². The summed E-state index contributed by atoms with van der Waals surface area (Å²) >= 11 is 0. The third-order valence-corrected chi connectivity index (χ3v) is 2.54. The van der Waals surface area contributed by atoms with Crippen molar-refractivity contribution in [3.05, 3.63) is 0 Å². The van der Waals surface area contributed by atoms with Crippen LogP contribution in [0.2, 0.25) is 0 Å². The van der Waals surface area contributed by atoms with Crippen molar-refractivity contribution in [2.24, 2.45) is 0 Å². The van der Waals surface area contributed by atoms with Gasteiger partial charge in [0.1, 0.15) is 5.60 Å². The number of ether oxygens (including phenoxy) is 3. The Bertz CT molecular complexity index is 286. The first-order valence-electron chi connectivity index (χ1n) is 6.99. The Hall–Kier alpha value is -1.71. The minimum Gasteiger partial charge on any atom is -0.377 e. The second-order valence-electron chi connectivity index (χ2n) is 4.62. The third kappa shape index (κ3) is 12.1. The fraction of sp³-hybridized carbons (Fsp3) is 0.769. The zero-order chi connectivity index (χ0) is 16.5. The summed E-state index contributed by atoms with van der Waals surface area (Å²) in [6.45, 7) is 4.63. The predicted octanol–water partition coefficient (Wildman–Crippen LogP) is -1.97. The van der Waals surface area contributed by atoms with Gasteiger partial charge >= 0.3 is 0 Å². The van der Waals surface area contributed by atoms with Gasteiger partial charge in [0.2, 0.25) is 19.2 Å². The van der Waals surface area contributed by atoms with Crippen LogP contribution in [-0.4, -0.2) is 77.5 Å². The van der Waals surface area contributed by atoms with Crippen LogP contribution in [0.15, 0.2) is 0 Å². The Kier molecular flexibility index (Phi) is 13.1. The van der Waals surface area contributed by atoms with Crippen LogP contribution in [0.4, 0.5) is 0 Å². The Labute approximate surface area is 130 Å². The topological polar surface area (TPSA) is 115 Å². The molecule has 0 bridgehead atoms. The summed E-state index contributed by atoms with van der Waals surface area (Å²) in [4.78, 5) is 30.4. The van der Waals surface area contributed by atoms with Crippen LogP contribution in [0.25, 0.3) is 0 Å². The maximum Gasteiger partial charge on any atom is 0.207 e. The van der Waals surface area contributed by atoms with E-state index in [0.717, 1.165) is 0 Å². The normalized spacial score (nSPS) is 10.8. The lowest BCUT2D eigenvalue weighted by atomic mass is 10.1. The highest BCUT2D eigenvalue weighted by atomic mass is 16.6. The van der Waals surface area contributed by atoms with E-state index < -0.39 is 5.60 Å². The number of amides is 3. The number of carbonyl (C=O) groups is 3. The Morgan fingerprint density at radius 3 is 1.59 bits per heavy atom. The van der Waals surface area contributed by atoms with E-state index in [9.17, 15) is 14.4 Å². The van der Waals surface area contributed by atoms with Crippen molar-refractivity contribution in [2.45, 2.75) is 12.5 Å². The standard InChI is InChI=1S/C13H25N3O6/c1-13(22-7-4-16-12-19,8-20-5-2-14-10-17)9-21-6-3-15-11-18/h10-12H,2-9H2,1H3,(H,14,17)(H,15,18)(H,16,19). The highest BCUT2D eigenvalue weighted by Gasteiger charge is 2.26. The number of carbonyl (C=O) groups excluding carboxylic acids is 3. The Morgan fingerprint density at radius 2 is 1.18 bits per heavy atom. The van der Waals surface area contributed by atoms with E-state index in [0.29, 0.717) is 58.7 Å². The molecule has 0 aliphatic heterocycles. The maximum atomic E-state index is 10.2. The molecule has 0 heterocycles. The lowest BCUT2D eigenvalue weighted by Crippen LogP contribution is -2.42. The zero-order valence-electron chi connectivity index (χ0n) is 12.8. The molecular weight excluding hydrogens is 294 g/mol. The van der Waals surface area contributed by atoms with Gasteiger partial charge in [-0.05, 0) is 6.92 Å². The first-order chi connectivity index (χ1) is 10.7. The molecule has 0 saturated heterocycles. The molecule has 0 fully saturated rings. The van der Waals surface area contributed by atoms with Gasteiger partial charge in [0.15, 0.2) is 0 Å². The zero-order valence-corrected chi connectivity index (χ0v) is 12.8. The molecule has 0 spiro atoms. The van der Waals surface area contributed by atoms with Gasteiger partial charge in [0, 0.05) is 19.6 Å². The summed E-state index contributed by atoms with van der Waals surface area (Å²) in [5.41, 5.74) is -0.688. The lowest BCUT2D eigenvalue weighted by Gasteiger charge is -2.29. The van der Waals surface area contributed by atoms with E-state index in [1.54, 1.807) is 0 Å². The molecule has 0 radical (unpaired) electrons. The average molecular weight is 319 g/mol. The van der Waals surface area contributed by atoms with Crippen LogP contribution in [0, 0.1) is 0 Å². The van der Waals surface area contributed by atoms with Crippen LogP contribution in [0.5, 0.6) is 0 Å². The molecule has 0 atom stereocenters. The van der Waals surface area contributed by atoms with Crippen molar-refractivity contribution in [2.75, 3.05) is 52.7 Å². The van der Waals surface area contributed by atoms with Crippen LogP contribution >= 0.6 is 0 Å². The van der Waals surface area contributed by atoms with Gasteiger partial charge in [-0.15, -0.1) is 0 Å². The van der Waals surface area contributed by atoms with E-state index in [-0.39, 0.29) is 13.2 Å².